The summed E-state index contributed by atoms with van der Waals surface area (Å²) < 4.78 is 1.77. The summed E-state index contributed by atoms with van der Waals surface area (Å²) in [6.07, 6.45) is 5.13. The molecule has 2 heterocycles. The predicted octanol–water partition coefficient (Wildman–Crippen LogP) is 0.0731. The molecule has 4 heteroatoms. The van der Waals surface area contributed by atoms with Gasteiger partial charge in [0.25, 0.3) is 0 Å². The van der Waals surface area contributed by atoms with Gasteiger partial charge in [-0.2, -0.15) is 0 Å². The zero-order valence-electron chi connectivity index (χ0n) is 6.81. The van der Waals surface area contributed by atoms with Crippen molar-refractivity contribution in [2.75, 3.05) is 6.61 Å². The molecular formula is C9H7N3O. The number of rotatable bonds is 0. The summed E-state index contributed by atoms with van der Waals surface area (Å²) >= 11 is 0. The molecule has 2 aromatic rings. The topological polar surface area (TPSA) is 50.4 Å². The van der Waals surface area contributed by atoms with Crippen molar-refractivity contribution in [1.82, 2.24) is 14.4 Å². The quantitative estimate of drug-likeness (QED) is 0.574. The van der Waals surface area contributed by atoms with Gasteiger partial charge in [0.1, 0.15) is 12.3 Å². The SMILES string of the molecule is OCC#Cc1cnc2ncccn12. The van der Waals surface area contributed by atoms with E-state index in [0.717, 1.165) is 5.69 Å². The molecule has 2 aromatic heterocycles. The van der Waals surface area contributed by atoms with Crippen LogP contribution in [-0.2, 0) is 0 Å². The minimum Gasteiger partial charge on any atom is -0.384 e. The van der Waals surface area contributed by atoms with Crippen molar-refractivity contribution in [2.45, 2.75) is 0 Å². The van der Waals surface area contributed by atoms with E-state index in [4.69, 9.17) is 5.11 Å². The van der Waals surface area contributed by atoms with Gasteiger partial charge in [-0.05, 0) is 12.0 Å². The first-order valence-electron chi connectivity index (χ1n) is 3.79. The molecule has 0 saturated heterocycles. The lowest BCUT2D eigenvalue weighted by molar-refractivity contribution is 0.350. The summed E-state index contributed by atoms with van der Waals surface area (Å²) in [5.74, 6) is 5.95. The van der Waals surface area contributed by atoms with Gasteiger partial charge < -0.3 is 5.11 Å². The molecular weight excluding hydrogens is 166 g/mol. The molecule has 64 valence electrons. The average Bonchev–Trinajstić information content (AvgIpc) is 2.58. The van der Waals surface area contributed by atoms with Crippen LogP contribution in [0, 0.1) is 11.8 Å². The summed E-state index contributed by atoms with van der Waals surface area (Å²) in [5, 5.41) is 8.52. The molecule has 13 heavy (non-hydrogen) atoms. The van der Waals surface area contributed by atoms with Crippen molar-refractivity contribution in [3.8, 4) is 11.8 Å². The monoisotopic (exact) mass is 173 g/mol. The van der Waals surface area contributed by atoms with Crippen LogP contribution in [0.4, 0.5) is 0 Å². The van der Waals surface area contributed by atoms with Crippen molar-refractivity contribution in [3.05, 3.63) is 30.4 Å². The van der Waals surface area contributed by atoms with Gasteiger partial charge in [0.05, 0.1) is 6.20 Å². The van der Waals surface area contributed by atoms with E-state index in [-0.39, 0.29) is 6.61 Å². The van der Waals surface area contributed by atoms with E-state index < -0.39 is 0 Å². The Labute approximate surface area is 74.9 Å². The van der Waals surface area contributed by atoms with Crippen molar-refractivity contribution in [3.63, 3.8) is 0 Å². The van der Waals surface area contributed by atoms with Gasteiger partial charge in [-0.25, -0.2) is 9.97 Å². The average molecular weight is 173 g/mol. The predicted molar refractivity (Wildman–Crippen MR) is 47.0 cm³/mol. The molecule has 1 N–H and O–H groups in total. The fourth-order valence-corrected chi connectivity index (χ4v) is 1.05. The van der Waals surface area contributed by atoms with E-state index in [1.807, 2.05) is 6.20 Å². The van der Waals surface area contributed by atoms with Crippen LogP contribution >= 0.6 is 0 Å². The van der Waals surface area contributed by atoms with E-state index in [1.54, 1.807) is 22.9 Å². The number of aliphatic hydroxyl groups excluding tert-OH is 1. The second-order valence-corrected chi connectivity index (χ2v) is 2.39. The molecule has 0 amide bonds. The largest absolute Gasteiger partial charge is 0.384 e. The third-order valence-corrected chi connectivity index (χ3v) is 1.58. The third kappa shape index (κ3) is 1.37. The van der Waals surface area contributed by atoms with Gasteiger partial charge in [-0.3, -0.25) is 4.40 Å². The van der Waals surface area contributed by atoms with Crippen LogP contribution in [0.3, 0.4) is 0 Å². The molecule has 0 bridgehead atoms. The number of hydrogen-bond acceptors (Lipinski definition) is 3. The van der Waals surface area contributed by atoms with Crippen LogP contribution in [0.2, 0.25) is 0 Å². The van der Waals surface area contributed by atoms with Gasteiger partial charge >= 0.3 is 0 Å². The lowest BCUT2D eigenvalue weighted by Gasteiger charge is -1.90. The number of fused-ring (bicyclic) bond motifs is 1. The van der Waals surface area contributed by atoms with E-state index in [9.17, 15) is 0 Å². The molecule has 0 aromatic carbocycles. The molecule has 0 aliphatic carbocycles. The molecule has 0 spiro atoms. The van der Waals surface area contributed by atoms with Gasteiger partial charge in [-0.15, -0.1) is 0 Å². The minimum absolute atomic E-state index is 0.145. The second kappa shape index (κ2) is 3.25. The zero-order chi connectivity index (χ0) is 9.10. The van der Waals surface area contributed by atoms with Crippen LogP contribution in [-0.4, -0.2) is 26.1 Å². The van der Waals surface area contributed by atoms with Crippen LogP contribution in [0.5, 0.6) is 0 Å². The Balaban J connectivity index is 2.58. The molecule has 0 atom stereocenters. The highest BCUT2D eigenvalue weighted by Crippen LogP contribution is 2.00. The van der Waals surface area contributed by atoms with Crippen molar-refractivity contribution in [1.29, 1.82) is 0 Å². The summed E-state index contributed by atoms with van der Waals surface area (Å²) in [6.45, 7) is -0.145. The molecule has 0 unspecified atom stereocenters. The highest BCUT2D eigenvalue weighted by Gasteiger charge is 1.98. The molecule has 0 aliphatic rings. The molecule has 0 radical (unpaired) electrons. The molecule has 0 fully saturated rings. The summed E-state index contributed by atoms with van der Waals surface area (Å²) in [7, 11) is 0. The highest BCUT2D eigenvalue weighted by molar-refractivity contribution is 5.38. The number of aliphatic hydroxyl groups is 1. The highest BCUT2D eigenvalue weighted by atomic mass is 16.2. The van der Waals surface area contributed by atoms with Gasteiger partial charge in [0.15, 0.2) is 0 Å². The lowest BCUT2D eigenvalue weighted by atomic mass is 10.4. The number of hydrogen-bond donors (Lipinski definition) is 1. The molecule has 4 nitrogen and oxygen atoms in total. The summed E-state index contributed by atoms with van der Waals surface area (Å²) in [5.41, 5.74) is 0.733. The van der Waals surface area contributed by atoms with Crippen LogP contribution in [0.1, 0.15) is 5.69 Å². The first kappa shape index (κ1) is 7.77. The smallest absolute Gasteiger partial charge is 0.234 e. The first-order valence-corrected chi connectivity index (χ1v) is 3.79. The van der Waals surface area contributed by atoms with E-state index in [2.05, 4.69) is 21.8 Å². The van der Waals surface area contributed by atoms with Crippen molar-refractivity contribution < 1.29 is 5.11 Å². The van der Waals surface area contributed by atoms with Crippen LogP contribution in [0.25, 0.3) is 5.78 Å². The maximum Gasteiger partial charge on any atom is 0.234 e. The summed E-state index contributed by atoms with van der Waals surface area (Å²) in [4.78, 5) is 8.07. The Morgan fingerprint density at radius 1 is 1.46 bits per heavy atom. The Kier molecular flexibility index (Phi) is 1.94. The fraction of sp³-hybridized carbons (Fsp3) is 0.111. The third-order valence-electron chi connectivity index (χ3n) is 1.58. The normalized spacial score (nSPS) is 9.62. The second-order valence-electron chi connectivity index (χ2n) is 2.39. The number of imidazole rings is 1. The van der Waals surface area contributed by atoms with E-state index in [0.29, 0.717) is 5.78 Å². The van der Waals surface area contributed by atoms with Crippen molar-refractivity contribution in [2.24, 2.45) is 0 Å². The standard InChI is InChI=1S/C9H7N3O/c13-6-1-3-8-7-11-9-10-4-2-5-12(8)9/h2,4-5,7,13H,6H2. The van der Waals surface area contributed by atoms with E-state index in [1.165, 1.54) is 0 Å². The maximum absolute atomic E-state index is 8.52. The number of aromatic nitrogens is 3. The lowest BCUT2D eigenvalue weighted by Crippen LogP contribution is -1.89. The van der Waals surface area contributed by atoms with Crippen molar-refractivity contribution >= 4 is 5.78 Å². The Morgan fingerprint density at radius 3 is 3.23 bits per heavy atom. The van der Waals surface area contributed by atoms with Crippen LogP contribution in [0.15, 0.2) is 24.7 Å². The maximum atomic E-state index is 8.52. The van der Waals surface area contributed by atoms with Gasteiger partial charge in [-0.1, -0.05) is 5.92 Å². The molecule has 2 rings (SSSR count). The molecule has 0 saturated carbocycles. The van der Waals surface area contributed by atoms with Gasteiger partial charge in [0.2, 0.25) is 5.78 Å². The zero-order valence-corrected chi connectivity index (χ0v) is 6.81. The Bertz CT molecular complexity index is 478. The number of nitrogens with zero attached hydrogens (tertiary/aromatic N) is 3. The van der Waals surface area contributed by atoms with Gasteiger partial charge in [0, 0.05) is 12.4 Å². The molecule has 0 aliphatic heterocycles. The Hall–Kier alpha value is -1.86. The minimum atomic E-state index is -0.145. The summed E-state index contributed by atoms with van der Waals surface area (Å²) in [6, 6.07) is 1.80. The van der Waals surface area contributed by atoms with E-state index >= 15 is 0 Å². The first-order chi connectivity index (χ1) is 6.42. The Morgan fingerprint density at radius 2 is 2.38 bits per heavy atom. The van der Waals surface area contributed by atoms with Crippen LogP contribution < -0.4 is 0 Å². The fourth-order valence-electron chi connectivity index (χ4n) is 1.05.